The number of hydrogen-bond donors (Lipinski definition) is 0. The average molecular weight is 438 g/mol. The van der Waals surface area contributed by atoms with Crippen LogP contribution in [0.25, 0.3) is 6.08 Å². The van der Waals surface area contributed by atoms with E-state index in [1.807, 2.05) is 47.5 Å². The predicted octanol–water partition coefficient (Wildman–Crippen LogP) is 4.22. The van der Waals surface area contributed by atoms with E-state index in [0.29, 0.717) is 11.3 Å². The van der Waals surface area contributed by atoms with Crippen molar-refractivity contribution in [1.82, 2.24) is 4.90 Å². The van der Waals surface area contributed by atoms with E-state index in [9.17, 15) is 18.8 Å². The van der Waals surface area contributed by atoms with E-state index in [-0.39, 0.29) is 17.6 Å². The number of imide groups is 1. The van der Waals surface area contributed by atoms with Gasteiger partial charge in [-0.3, -0.25) is 14.4 Å². The van der Waals surface area contributed by atoms with Gasteiger partial charge in [-0.2, -0.15) is 0 Å². The lowest BCUT2D eigenvalue weighted by Crippen LogP contribution is -2.44. The molecule has 3 aromatic carbocycles. The molecule has 2 fully saturated rings. The molecule has 3 aromatic rings. The minimum absolute atomic E-state index is 0.299. The summed E-state index contributed by atoms with van der Waals surface area (Å²) in [5, 5.41) is 0. The summed E-state index contributed by atoms with van der Waals surface area (Å²) < 4.78 is 13.5. The minimum atomic E-state index is -0.861. The molecule has 6 rings (SSSR count). The van der Waals surface area contributed by atoms with Crippen LogP contribution in [0.15, 0.2) is 85.1 Å². The van der Waals surface area contributed by atoms with Crippen molar-refractivity contribution in [2.45, 2.75) is 12.1 Å². The Morgan fingerprint density at radius 1 is 0.788 bits per heavy atom. The summed E-state index contributed by atoms with van der Waals surface area (Å²) in [6.45, 7) is 0. The second kappa shape index (κ2) is 7.24. The number of hydrogen-bond acceptors (Lipinski definition) is 4. The van der Waals surface area contributed by atoms with Crippen molar-refractivity contribution in [3.8, 4) is 0 Å². The monoisotopic (exact) mass is 438 g/mol. The first-order chi connectivity index (χ1) is 16.1. The van der Waals surface area contributed by atoms with Gasteiger partial charge in [0, 0.05) is 11.8 Å². The Morgan fingerprint density at radius 2 is 1.45 bits per heavy atom. The number of Topliss-reactive ketones (excluding diaryl/α,β-unsaturated/α-hetero) is 1. The fraction of sp³-hybridized carbons (Fsp3) is 0.148. The number of halogens is 1. The number of anilines is 1. The van der Waals surface area contributed by atoms with E-state index in [1.54, 1.807) is 24.3 Å². The number of amides is 2. The largest absolute Gasteiger partial charge is 0.358 e. The molecule has 0 N–H and O–H groups in total. The molecule has 33 heavy (non-hydrogen) atoms. The first kappa shape index (κ1) is 19.6. The SMILES string of the molecule is O=C(c1ccc(F)cc1)C1C2C(=O)N(c3ccccc3)C(=O)C2C2c3ccccc3C=CN12. The van der Waals surface area contributed by atoms with Crippen molar-refractivity contribution in [3.63, 3.8) is 0 Å². The molecule has 6 heteroatoms. The van der Waals surface area contributed by atoms with Crippen molar-refractivity contribution >= 4 is 29.4 Å². The average Bonchev–Trinajstić information content (AvgIpc) is 3.32. The predicted molar refractivity (Wildman–Crippen MR) is 120 cm³/mol. The van der Waals surface area contributed by atoms with E-state index in [2.05, 4.69) is 0 Å². The molecule has 0 aromatic heterocycles. The fourth-order valence-corrected chi connectivity index (χ4v) is 5.47. The van der Waals surface area contributed by atoms with Crippen LogP contribution < -0.4 is 4.90 Å². The molecule has 2 saturated heterocycles. The molecular formula is C27H19FN2O3. The van der Waals surface area contributed by atoms with Gasteiger partial charge in [-0.15, -0.1) is 0 Å². The van der Waals surface area contributed by atoms with Crippen molar-refractivity contribution in [2.24, 2.45) is 11.8 Å². The summed E-state index contributed by atoms with van der Waals surface area (Å²) in [4.78, 5) is 44.2. The smallest absolute Gasteiger partial charge is 0.240 e. The van der Waals surface area contributed by atoms with E-state index < -0.39 is 29.7 Å². The van der Waals surface area contributed by atoms with Crippen LogP contribution in [0.1, 0.15) is 27.5 Å². The quantitative estimate of drug-likeness (QED) is 0.454. The number of carbonyl (C=O) groups is 3. The van der Waals surface area contributed by atoms with Crippen molar-refractivity contribution < 1.29 is 18.8 Å². The second-order valence-electron chi connectivity index (χ2n) is 8.55. The Hall–Kier alpha value is -4.06. The summed E-state index contributed by atoms with van der Waals surface area (Å²) in [5.74, 6) is -2.95. The zero-order valence-corrected chi connectivity index (χ0v) is 17.5. The topological polar surface area (TPSA) is 57.7 Å². The maximum atomic E-state index is 13.7. The lowest BCUT2D eigenvalue weighted by atomic mass is 9.83. The maximum Gasteiger partial charge on any atom is 0.240 e. The Labute approximate surface area is 189 Å². The molecule has 4 atom stereocenters. The standard InChI is InChI=1S/C27H19FN2O3/c28-18-12-10-17(11-13-18)25(31)24-22-21(23-20-9-5-4-6-16(20)14-15-29(23)24)26(32)30(27(22)33)19-7-2-1-3-8-19/h1-15,21-24H. The third kappa shape index (κ3) is 2.80. The first-order valence-corrected chi connectivity index (χ1v) is 10.8. The minimum Gasteiger partial charge on any atom is -0.358 e. The summed E-state index contributed by atoms with van der Waals surface area (Å²) in [6, 6.07) is 20.6. The number of para-hydroxylation sites is 1. The fourth-order valence-electron chi connectivity index (χ4n) is 5.47. The number of nitrogens with zero attached hydrogens (tertiary/aromatic N) is 2. The molecule has 2 amide bonds. The Bertz CT molecular complexity index is 1320. The molecule has 162 valence electrons. The van der Waals surface area contributed by atoms with Crippen LogP contribution in [-0.2, 0) is 9.59 Å². The number of ketones is 1. The third-order valence-electron chi connectivity index (χ3n) is 6.87. The molecule has 0 bridgehead atoms. The Morgan fingerprint density at radius 3 is 2.21 bits per heavy atom. The van der Waals surface area contributed by atoms with Crippen LogP contribution in [0.2, 0.25) is 0 Å². The Balaban J connectivity index is 1.50. The lowest BCUT2D eigenvalue weighted by molar-refractivity contribution is -0.123. The highest BCUT2D eigenvalue weighted by atomic mass is 19.1. The first-order valence-electron chi connectivity index (χ1n) is 10.8. The molecule has 3 aliphatic heterocycles. The van der Waals surface area contributed by atoms with Gasteiger partial charge in [0.25, 0.3) is 0 Å². The highest BCUT2D eigenvalue weighted by molar-refractivity contribution is 6.24. The maximum absolute atomic E-state index is 13.7. The van der Waals surface area contributed by atoms with Gasteiger partial charge in [0.15, 0.2) is 5.78 Å². The van der Waals surface area contributed by atoms with Gasteiger partial charge in [-0.05, 0) is 53.6 Å². The van der Waals surface area contributed by atoms with Crippen LogP contribution in [-0.4, -0.2) is 28.5 Å². The zero-order chi connectivity index (χ0) is 22.7. The van der Waals surface area contributed by atoms with E-state index in [0.717, 1.165) is 11.1 Å². The van der Waals surface area contributed by atoms with Crippen molar-refractivity contribution in [3.05, 3.63) is 108 Å². The third-order valence-corrected chi connectivity index (χ3v) is 6.87. The number of benzene rings is 3. The van der Waals surface area contributed by atoms with Gasteiger partial charge < -0.3 is 4.90 Å². The lowest BCUT2D eigenvalue weighted by Gasteiger charge is -2.35. The molecular weight excluding hydrogens is 419 g/mol. The van der Waals surface area contributed by atoms with Crippen LogP contribution in [0, 0.1) is 17.7 Å². The summed E-state index contributed by atoms with van der Waals surface area (Å²) >= 11 is 0. The highest BCUT2D eigenvalue weighted by Crippen LogP contribution is 2.53. The van der Waals surface area contributed by atoms with E-state index >= 15 is 0 Å². The van der Waals surface area contributed by atoms with Gasteiger partial charge in [0.1, 0.15) is 11.9 Å². The number of rotatable bonds is 3. The zero-order valence-electron chi connectivity index (χ0n) is 17.5. The van der Waals surface area contributed by atoms with Crippen molar-refractivity contribution in [2.75, 3.05) is 4.90 Å². The van der Waals surface area contributed by atoms with Gasteiger partial charge >= 0.3 is 0 Å². The molecule has 0 spiro atoms. The van der Waals surface area contributed by atoms with Gasteiger partial charge in [0.05, 0.1) is 23.6 Å². The van der Waals surface area contributed by atoms with Crippen LogP contribution >= 0.6 is 0 Å². The van der Waals surface area contributed by atoms with Gasteiger partial charge in [-0.25, -0.2) is 9.29 Å². The van der Waals surface area contributed by atoms with Crippen molar-refractivity contribution in [1.29, 1.82) is 0 Å². The molecule has 3 aliphatic rings. The molecule has 0 saturated carbocycles. The number of fused-ring (bicyclic) bond motifs is 5. The van der Waals surface area contributed by atoms with Crippen LogP contribution in [0.3, 0.4) is 0 Å². The molecule has 4 unspecified atom stereocenters. The van der Waals surface area contributed by atoms with Crippen LogP contribution in [0.5, 0.6) is 0 Å². The van der Waals surface area contributed by atoms with Gasteiger partial charge in [0.2, 0.25) is 11.8 Å². The normalized spacial score (nSPS) is 25.1. The summed E-state index contributed by atoms with van der Waals surface area (Å²) in [6.07, 6.45) is 3.71. The molecule has 5 nitrogen and oxygen atoms in total. The Kier molecular flexibility index (Phi) is 4.30. The molecule has 0 radical (unpaired) electrons. The summed E-state index contributed by atoms with van der Waals surface area (Å²) in [7, 11) is 0. The summed E-state index contributed by atoms with van der Waals surface area (Å²) in [5.41, 5.74) is 2.69. The van der Waals surface area contributed by atoms with E-state index in [1.165, 1.54) is 29.2 Å². The molecule has 0 aliphatic carbocycles. The highest BCUT2D eigenvalue weighted by Gasteiger charge is 2.64. The van der Waals surface area contributed by atoms with E-state index in [4.69, 9.17) is 0 Å². The second-order valence-corrected chi connectivity index (χ2v) is 8.55. The van der Waals surface area contributed by atoms with Crippen LogP contribution in [0.4, 0.5) is 10.1 Å². The number of carbonyl (C=O) groups excluding carboxylic acids is 3. The van der Waals surface area contributed by atoms with Gasteiger partial charge in [-0.1, -0.05) is 42.5 Å². The molecule has 3 heterocycles.